The fourth-order valence-corrected chi connectivity index (χ4v) is 3.56. The highest BCUT2D eigenvalue weighted by atomic mass is 32.3. The average molecular weight is 367 g/mol. The third-order valence-corrected chi connectivity index (χ3v) is 5.09. The first-order chi connectivity index (χ1) is 9.72. The van der Waals surface area contributed by atoms with E-state index in [4.69, 9.17) is 4.74 Å². The van der Waals surface area contributed by atoms with Crippen LogP contribution in [-0.2, 0) is 20.0 Å². The van der Waals surface area contributed by atoms with Gasteiger partial charge in [0.2, 0.25) is 0 Å². The Morgan fingerprint density at radius 1 is 1.36 bits per heavy atom. The zero-order chi connectivity index (χ0) is 17.3. The van der Waals surface area contributed by atoms with E-state index in [1.54, 1.807) is 20.8 Å². The highest BCUT2D eigenvalue weighted by Crippen LogP contribution is 2.53. The predicted octanol–water partition coefficient (Wildman–Crippen LogP) is 3.56. The van der Waals surface area contributed by atoms with Crippen LogP contribution in [0.15, 0.2) is 11.8 Å². The highest BCUT2D eigenvalue weighted by molar-refractivity contribution is 8.27. The van der Waals surface area contributed by atoms with Crippen LogP contribution in [0, 0.1) is 0 Å². The largest absolute Gasteiger partial charge is 0.508 e. The number of amides is 1. The molecule has 1 amide bonds. The summed E-state index contributed by atoms with van der Waals surface area (Å²) in [6.45, 7) is 4.51. The number of carbonyl (C=O) groups is 1. The zero-order valence-electron chi connectivity index (χ0n) is 12.4. The van der Waals surface area contributed by atoms with Gasteiger partial charge >= 0.3 is 22.7 Å². The summed E-state index contributed by atoms with van der Waals surface area (Å²) in [4.78, 5) is 11.9. The van der Waals surface area contributed by atoms with E-state index in [1.807, 2.05) is 0 Å². The van der Waals surface area contributed by atoms with E-state index < -0.39 is 50.4 Å². The van der Waals surface area contributed by atoms with Crippen LogP contribution in [0.2, 0.25) is 0 Å². The van der Waals surface area contributed by atoms with Gasteiger partial charge in [0.25, 0.3) is 0 Å². The van der Waals surface area contributed by atoms with Gasteiger partial charge in [-0.1, -0.05) is 0 Å². The summed E-state index contributed by atoms with van der Waals surface area (Å²) >= 11 is -3.56. The molecule has 0 radical (unpaired) electrons. The van der Waals surface area contributed by atoms with Gasteiger partial charge in [0.1, 0.15) is 11.4 Å². The lowest BCUT2D eigenvalue weighted by Gasteiger charge is -2.41. The van der Waals surface area contributed by atoms with Crippen molar-refractivity contribution < 1.29 is 35.0 Å². The molecule has 2 atom stereocenters. The van der Waals surface area contributed by atoms with Crippen LogP contribution in [0.1, 0.15) is 20.8 Å². The van der Waals surface area contributed by atoms with E-state index in [0.29, 0.717) is 0 Å². The Morgan fingerprint density at radius 2 is 1.91 bits per heavy atom. The quantitative estimate of drug-likeness (QED) is 0.701. The van der Waals surface area contributed by atoms with Crippen LogP contribution < -0.4 is 0 Å². The summed E-state index contributed by atoms with van der Waals surface area (Å²) in [5.41, 5.74) is -5.88. The second-order valence-corrected chi connectivity index (χ2v) is 9.25. The number of nitrogens with zero attached hydrogens (tertiary/aromatic N) is 1. The molecule has 0 saturated carbocycles. The molecule has 0 aromatic rings. The molecule has 0 aromatic heterocycles. The van der Waals surface area contributed by atoms with Gasteiger partial charge in [-0.25, -0.2) is 13.3 Å². The number of alkyl halides is 3. The SMILES string of the molecule is CC(C)(C)OC(=O)N1CC=C(OS(=O)C(F)(F)F)CS1(C)F. The Balaban J connectivity index is 2.82. The van der Waals surface area contributed by atoms with Crippen molar-refractivity contribution in [3.63, 3.8) is 0 Å². The molecule has 22 heavy (non-hydrogen) atoms. The molecule has 1 aliphatic heterocycles. The topological polar surface area (TPSA) is 55.8 Å². The number of hydrogen-bond donors (Lipinski definition) is 0. The van der Waals surface area contributed by atoms with Crippen LogP contribution in [0.3, 0.4) is 0 Å². The maximum Gasteiger partial charge on any atom is 0.508 e. The first-order valence-corrected chi connectivity index (χ1v) is 9.19. The molecule has 1 heterocycles. The normalized spacial score (nSPS) is 27.5. The molecule has 11 heteroatoms. The van der Waals surface area contributed by atoms with Crippen LogP contribution in [0.4, 0.5) is 21.9 Å². The van der Waals surface area contributed by atoms with Gasteiger partial charge < -0.3 is 8.92 Å². The van der Waals surface area contributed by atoms with Crippen LogP contribution in [0.5, 0.6) is 0 Å². The van der Waals surface area contributed by atoms with Crippen LogP contribution in [-0.4, -0.2) is 44.3 Å². The zero-order valence-corrected chi connectivity index (χ0v) is 14.0. The van der Waals surface area contributed by atoms with Gasteiger partial charge in [-0.05, 0) is 37.4 Å². The summed E-state index contributed by atoms with van der Waals surface area (Å²) in [5, 5.41) is 0. The Kier molecular flexibility index (Phi) is 5.43. The summed E-state index contributed by atoms with van der Waals surface area (Å²) in [6, 6.07) is 0. The second kappa shape index (κ2) is 6.26. The maximum atomic E-state index is 14.6. The minimum absolute atomic E-state index is 0.318. The molecule has 0 aromatic carbocycles. The lowest BCUT2D eigenvalue weighted by atomic mass is 10.2. The lowest BCUT2D eigenvalue weighted by Crippen LogP contribution is -2.40. The number of carbonyl (C=O) groups excluding carboxylic acids is 1. The van der Waals surface area contributed by atoms with Gasteiger partial charge in [-0.3, -0.25) is 0 Å². The number of ether oxygens (including phenoxy) is 1. The number of halogens is 4. The molecule has 5 nitrogen and oxygen atoms in total. The molecule has 0 fully saturated rings. The van der Waals surface area contributed by atoms with E-state index in [0.717, 1.165) is 16.6 Å². The second-order valence-electron chi connectivity index (χ2n) is 5.55. The van der Waals surface area contributed by atoms with E-state index in [2.05, 4.69) is 4.18 Å². The van der Waals surface area contributed by atoms with E-state index >= 15 is 0 Å². The van der Waals surface area contributed by atoms with Gasteiger partial charge in [0, 0.05) is 6.26 Å². The average Bonchev–Trinajstić information content (AvgIpc) is 2.23. The molecule has 1 aliphatic rings. The molecular weight excluding hydrogens is 350 g/mol. The standard InChI is InChI=1S/C11H17F4NO4S2/c1-10(2,3)19-9(17)16-6-5-8(7-22(16,4)15)20-21(18)11(12,13)14/h5H,6-7H2,1-4H3. The van der Waals surface area contributed by atoms with Gasteiger partial charge in [-0.2, -0.15) is 17.1 Å². The highest BCUT2D eigenvalue weighted by Gasteiger charge is 2.43. The smallest absolute Gasteiger partial charge is 0.443 e. The van der Waals surface area contributed by atoms with Gasteiger partial charge in [0.05, 0.1) is 12.3 Å². The number of rotatable bonds is 2. The van der Waals surface area contributed by atoms with Crippen molar-refractivity contribution in [2.24, 2.45) is 0 Å². The van der Waals surface area contributed by atoms with Crippen molar-refractivity contribution in [3.8, 4) is 0 Å². The molecular formula is C11H17F4NO4S2. The Morgan fingerprint density at radius 3 is 2.32 bits per heavy atom. The van der Waals surface area contributed by atoms with Gasteiger partial charge in [0.15, 0.2) is 0 Å². The third-order valence-electron chi connectivity index (χ3n) is 2.32. The fraction of sp³-hybridized carbons (Fsp3) is 0.727. The van der Waals surface area contributed by atoms with Crippen molar-refractivity contribution in [3.05, 3.63) is 11.8 Å². The maximum absolute atomic E-state index is 14.6. The first kappa shape index (κ1) is 19.1. The van der Waals surface area contributed by atoms with Crippen molar-refractivity contribution >= 4 is 27.8 Å². The van der Waals surface area contributed by atoms with Crippen molar-refractivity contribution in [1.82, 2.24) is 4.31 Å². The summed E-state index contributed by atoms with van der Waals surface area (Å²) in [7, 11) is -3.27. The number of hydrogen-bond acceptors (Lipinski definition) is 4. The van der Waals surface area contributed by atoms with Gasteiger partial charge in [-0.15, -0.1) is 0 Å². The predicted molar refractivity (Wildman–Crippen MR) is 75.8 cm³/mol. The van der Waals surface area contributed by atoms with Crippen molar-refractivity contribution in [1.29, 1.82) is 0 Å². The summed E-state index contributed by atoms with van der Waals surface area (Å²) in [5.74, 6) is -0.968. The molecule has 0 bridgehead atoms. The minimum Gasteiger partial charge on any atom is -0.443 e. The first-order valence-electron chi connectivity index (χ1n) is 6.05. The third kappa shape index (κ3) is 5.34. The Hall–Kier alpha value is -0.970. The van der Waals surface area contributed by atoms with E-state index in [9.17, 15) is 26.1 Å². The Bertz CT molecular complexity index is 499. The van der Waals surface area contributed by atoms with Crippen LogP contribution in [0.25, 0.3) is 0 Å². The van der Waals surface area contributed by atoms with Crippen molar-refractivity contribution in [2.45, 2.75) is 31.9 Å². The molecule has 130 valence electrons. The Labute approximate surface area is 130 Å². The minimum atomic E-state index is -5.05. The fourth-order valence-electron chi connectivity index (χ4n) is 1.48. The van der Waals surface area contributed by atoms with E-state index in [1.165, 1.54) is 0 Å². The van der Waals surface area contributed by atoms with Crippen molar-refractivity contribution in [2.75, 3.05) is 18.6 Å². The lowest BCUT2D eigenvalue weighted by molar-refractivity contribution is -0.0456. The van der Waals surface area contributed by atoms with Crippen LogP contribution >= 0.6 is 10.6 Å². The monoisotopic (exact) mass is 367 g/mol. The molecule has 1 rings (SSSR count). The summed E-state index contributed by atoms with van der Waals surface area (Å²) in [6.07, 6.45) is 1.27. The summed E-state index contributed by atoms with van der Waals surface area (Å²) < 4.78 is 72.0. The molecule has 0 aliphatic carbocycles. The van der Waals surface area contributed by atoms with E-state index in [-0.39, 0.29) is 6.54 Å². The molecule has 0 spiro atoms. The molecule has 0 saturated heterocycles. The molecule has 0 N–H and O–H groups in total. The molecule has 2 unspecified atom stereocenters.